The number of carbonyl (C=O) groups is 2. The molecule has 0 aliphatic rings. The van der Waals surface area contributed by atoms with Gasteiger partial charge in [-0.05, 0) is 56.5 Å². The third-order valence-corrected chi connectivity index (χ3v) is 7.12. The number of sulfonamides is 1. The van der Waals surface area contributed by atoms with E-state index in [4.69, 9.17) is 4.74 Å². The second-order valence-corrected chi connectivity index (χ2v) is 10.7. The minimum absolute atomic E-state index is 0.0259. The van der Waals surface area contributed by atoms with E-state index in [0.717, 1.165) is 12.7 Å². The van der Waals surface area contributed by atoms with Crippen molar-refractivity contribution in [2.24, 2.45) is 0 Å². The number of anilines is 1. The van der Waals surface area contributed by atoms with Gasteiger partial charge in [0.25, 0.3) is 0 Å². The number of hydrogen-bond acceptors (Lipinski definition) is 5. The van der Waals surface area contributed by atoms with Gasteiger partial charge in [-0.2, -0.15) is 0 Å². The van der Waals surface area contributed by atoms with Crippen LogP contribution in [0.4, 0.5) is 10.1 Å². The molecule has 1 N–H and O–H groups in total. The van der Waals surface area contributed by atoms with Crippen LogP contribution in [0.15, 0.2) is 48.5 Å². The van der Waals surface area contributed by atoms with Crippen LogP contribution in [0.3, 0.4) is 0 Å². The van der Waals surface area contributed by atoms with Gasteiger partial charge in [0, 0.05) is 31.6 Å². The quantitative estimate of drug-likeness (QED) is 0.434. The van der Waals surface area contributed by atoms with Crippen molar-refractivity contribution in [1.82, 2.24) is 10.2 Å². The number of methoxy groups -OCH3 is 1. The summed E-state index contributed by atoms with van der Waals surface area (Å²) in [5.74, 6) is -0.458. The van der Waals surface area contributed by atoms with E-state index in [0.29, 0.717) is 17.0 Å². The zero-order valence-corrected chi connectivity index (χ0v) is 22.3. The number of rotatable bonds is 13. The first-order valence-corrected chi connectivity index (χ1v) is 13.8. The lowest BCUT2D eigenvalue weighted by molar-refractivity contribution is -0.140. The Morgan fingerprint density at radius 3 is 2.36 bits per heavy atom. The van der Waals surface area contributed by atoms with Crippen molar-refractivity contribution in [3.63, 3.8) is 0 Å². The van der Waals surface area contributed by atoms with Crippen LogP contribution in [0.25, 0.3) is 0 Å². The Labute approximate surface area is 213 Å². The van der Waals surface area contributed by atoms with E-state index in [1.54, 1.807) is 43.3 Å². The summed E-state index contributed by atoms with van der Waals surface area (Å²) >= 11 is 0. The molecular weight excluding hydrogens is 485 g/mol. The fourth-order valence-corrected chi connectivity index (χ4v) is 4.56. The van der Waals surface area contributed by atoms with Crippen LogP contribution in [-0.2, 0) is 26.2 Å². The number of nitrogens with one attached hydrogen (secondary N) is 1. The van der Waals surface area contributed by atoms with Gasteiger partial charge in [-0.1, -0.05) is 25.1 Å². The first kappa shape index (κ1) is 29.1. The van der Waals surface area contributed by atoms with Gasteiger partial charge in [0.05, 0.1) is 19.1 Å². The molecular formula is C26H36FN3O5S. The topological polar surface area (TPSA) is 96.0 Å². The monoisotopic (exact) mass is 521 g/mol. The Kier molecular flexibility index (Phi) is 10.7. The van der Waals surface area contributed by atoms with Gasteiger partial charge in [-0.25, -0.2) is 12.8 Å². The smallest absolute Gasteiger partial charge is 0.242 e. The fraction of sp³-hybridized carbons (Fsp3) is 0.462. The van der Waals surface area contributed by atoms with E-state index in [1.165, 1.54) is 28.4 Å². The lowest BCUT2D eigenvalue weighted by atomic mass is 10.1. The lowest BCUT2D eigenvalue weighted by Crippen LogP contribution is -2.49. The molecule has 2 aromatic rings. The molecule has 0 radical (unpaired) electrons. The summed E-state index contributed by atoms with van der Waals surface area (Å²) in [7, 11) is -2.11. The Morgan fingerprint density at radius 2 is 1.78 bits per heavy atom. The first-order chi connectivity index (χ1) is 17.0. The number of ether oxygens (including phenoxy) is 1. The average molecular weight is 522 g/mol. The predicted molar refractivity (Wildman–Crippen MR) is 139 cm³/mol. The maximum atomic E-state index is 13.4. The van der Waals surface area contributed by atoms with Crippen molar-refractivity contribution < 1.29 is 27.1 Å². The van der Waals surface area contributed by atoms with Crippen LogP contribution in [0.2, 0.25) is 0 Å². The minimum atomic E-state index is -3.61. The van der Waals surface area contributed by atoms with Crippen molar-refractivity contribution in [3.8, 4) is 5.75 Å². The Morgan fingerprint density at radius 1 is 1.11 bits per heavy atom. The van der Waals surface area contributed by atoms with Crippen molar-refractivity contribution in [2.45, 2.75) is 58.7 Å². The SMILES string of the molecule is CC[C@H](C)NC(=O)[C@H](C)N(Cc1ccc(F)cc1)C(=O)CCCN(c1cccc(OC)c1)S(C)(=O)=O. The number of amides is 2. The molecule has 2 amide bonds. The van der Waals surface area contributed by atoms with Crippen molar-refractivity contribution >= 4 is 27.5 Å². The molecule has 0 aliphatic heterocycles. The highest BCUT2D eigenvalue weighted by Gasteiger charge is 2.27. The highest BCUT2D eigenvalue weighted by atomic mass is 32.2. The van der Waals surface area contributed by atoms with Gasteiger partial charge < -0.3 is 15.0 Å². The highest BCUT2D eigenvalue weighted by Crippen LogP contribution is 2.24. The molecule has 0 aromatic heterocycles. The van der Waals surface area contributed by atoms with Gasteiger partial charge in [0.1, 0.15) is 17.6 Å². The first-order valence-electron chi connectivity index (χ1n) is 11.9. The molecule has 2 aromatic carbocycles. The predicted octanol–water partition coefficient (Wildman–Crippen LogP) is 3.71. The van der Waals surface area contributed by atoms with Crippen LogP contribution in [-0.4, -0.2) is 57.1 Å². The van der Waals surface area contributed by atoms with Crippen molar-refractivity contribution in [2.75, 3.05) is 24.2 Å². The molecule has 0 saturated heterocycles. The van der Waals surface area contributed by atoms with E-state index in [-0.39, 0.29) is 43.8 Å². The molecule has 0 aliphatic carbocycles. The average Bonchev–Trinajstić information content (AvgIpc) is 2.84. The number of hydrogen-bond donors (Lipinski definition) is 1. The molecule has 198 valence electrons. The van der Waals surface area contributed by atoms with Gasteiger partial charge >= 0.3 is 0 Å². The van der Waals surface area contributed by atoms with Gasteiger partial charge in [-0.15, -0.1) is 0 Å². The summed E-state index contributed by atoms with van der Waals surface area (Å²) < 4.78 is 44.7. The van der Waals surface area contributed by atoms with E-state index < -0.39 is 21.9 Å². The van der Waals surface area contributed by atoms with Crippen molar-refractivity contribution in [3.05, 3.63) is 59.9 Å². The molecule has 0 fully saturated rings. The molecule has 10 heteroatoms. The van der Waals surface area contributed by atoms with E-state index >= 15 is 0 Å². The molecule has 0 heterocycles. The third-order valence-electron chi connectivity index (χ3n) is 5.93. The van der Waals surface area contributed by atoms with Gasteiger partial charge in [0.2, 0.25) is 21.8 Å². The fourth-order valence-electron chi connectivity index (χ4n) is 3.60. The van der Waals surface area contributed by atoms with Crippen LogP contribution >= 0.6 is 0 Å². The van der Waals surface area contributed by atoms with E-state index in [1.807, 2.05) is 13.8 Å². The second kappa shape index (κ2) is 13.2. The summed E-state index contributed by atoms with van der Waals surface area (Å²) in [5.41, 5.74) is 1.12. The molecule has 0 bridgehead atoms. The van der Waals surface area contributed by atoms with E-state index in [2.05, 4.69) is 5.32 Å². The lowest BCUT2D eigenvalue weighted by Gasteiger charge is -2.30. The van der Waals surface area contributed by atoms with Gasteiger partial charge in [0.15, 0.2) is 0 Å². The molecule has 36 heavy (non-hydrogen) atoms. The Balaban J connectivity index is 2.17. The number of halogens is 1. The zero-order chi connectivity index (χ0) is 26.9. The summed E-state index contributed by atoms with van der Waals surface area (Å²) in [4.78, 5) is 27.5. The van der Waals surface area contributed by atoms with Gasteiger partial charge in [-0.3, -0.25) is 13.9 Å². The van der Waals surface area contributed by atoms with Crippen LogP contribution in [0.5, 0.6) is 5.75 Å². The second-order valence-electron chi connectivity index (χ2n) is 8.78. The molecule has 2 atom stereocenters. The molecule has 0 unspecified atom stereocenters. The van der Waals surface area contributed by atoms with Crippen molar-refractivity contribution in [1.29, 1.82) is 0 Å². The highest BCUT2D eigenvalue weighted by molar-refractivity contribution is 7.92. The van der Waals surface area contributed by atoms with Crippen LogP contribution in [0, 0.1) is 5.82 Å². The summed E-state index contributed by atoms with van der Waals surface area (Å²) in [6, 6.07) is 11.6. The molecule has 0 spiro atoms. The molecule has 8 nitrogen and oxygen atoms in total. The van der Waals surface area contributed by atoms with Crippen LogP contribution < -0.4 is 14.4 Å². The third kappa shape index (κ3) is 8.51. The number of carbonyl (C=O) groups excluding carboxylic acids is 2. The summed E-state index contributed by atoms with van der Waals surface area (Å²) in [6.07, 6.45) is 2.12. The Bertz CT molecular complexity index is 1120. The summed E-state index contributed by atoms with van der Waals surface area (Å²) in [5, 5.41) is 2.89. The molecule has 2 rings (SSSR count). The standard InChI is InChI=1S/C26H36FN3O5S/c1-6-19(2)28-26(32)20(3)29(18-21-12-14-22(27)15-13-21)25(31)11-8-16-30(36(5,33)34)23-9-7-10-24(17-23)35-4/h7,9-10,12-15,17,19-20H,6,8,11,16,18H2,1-5H3,(H,28,32)/t19-,20-/m0/s1. The number of nitrogens with zero attached hydrogens (tertiary/aromatic N) is 2. The maximum Gasteiger partial charge on any atom is 0.242 e. The van der Waals surface area contributed by atoms with Crippen LogP contribution in [0.1, 0.15) is 45.6 Å². The minimum Gasteiger partial charge on any atom is -0.497 e. The normalized spacial score (nSPS) is 12.9. The zero-order valence-electron chi connectivity index (χ0n) is 21.5. The Hall–Kier alpha value is -3.14. The number of benzene rings is 2. The molecule has 0 saturated carbocycles. The van der Waals surface area contributed by atoms with E-state index in [9.17, 15) is 22.4 Å². The maximum absolute atomic E-state index is 13.4. The largest absolute Gasteiger partial charge is 0.497 e. The summed E-state index contributed by atoms with van der Waals surface area (Å²) in [6.45, 7) is 5.69.